The number of carbonyl (C=O) groups excluding carboxylic acids is 1. The van der Waals surface area contributed by atoms with Gasteiger partial charge in [-0.3, -0.25) is 14.7 Å². The smallest absolute Gasteiger partial charge is 0.340 e. The maximum absolute atomic E-state index is 12.4. The second kappa shape index (κ2) is 9.02. The Kier molecular flexibility index (Phi) is 6.25. The number of ether oxygens (including phenoxy) is 1. The van der Waals surface area contributed by atoms with Gasteiger partial charge in [-0.15, -0.1) is 0 Å². The summed E-state index contributed by atoms with van der Waals surface area (Å²) in [4.78, 5) is 37.6. The van der Waals surface area contributed by atoms with Crippen LogP contribution in [0.15, 0.2) is 47.3 Å². The first-order valence-electron chi connectivity index (χ1n) is 8.99. The van der Waals surface area contributed by atoms with E-state index in [1.807, 2.05) is 18.2 Å². The highest BCUT2D eigenvalue weighted by Gasteiger charge is 2.18. The number of nitrogens with one attached hydrogen (secondary N) is 2. The number of para-hydroxylation sites is 2. The lowest BCUT2D eigenvalue weighted by Crippen LogP contribution is -2.18. The number of nitrogens with zero attached hydrogens (tertiary/aromatic N) is 2. The molecule has 0 aliphatic rings. The fourth-order valence-electron chi connectivity index (χ4n) is 2.95. The molecule has 152 valence electrons. The summed E-state index contributed by atoms with van der Waals surface area (Å²) in [5.74, 6) is -0.722. The molecule has 1 aromatic heterocycles. The first-order chi connectivity index (χ1) is 14.0. The molecule has 0 saturated carbocycles. The Morgan fingerprint density at radius 3 is 2.83 bits per heavy atom. The average molecular weight is 400 g/mol. The number of aromatic nitrogens is 2. The van der Waals surface area contributed by atoms with Crippen LogP contribution in [0, 0.1) is 10.1 Å². The van der Waals surface area contributed by atoms with E-state index in [9.17, 15) is 19.7 Å². The molecule has 0 radical (unpaired) electrons. The van der Waals surface area contributed by atoms with Gasteiger partial charge in [0.2, 0.25) is 0 Å². The van der Waals surface area contributed by atoms with Crippen molar-refractivity contribution in [3.63, 3.8) is 0 Å². The number of imidazole rings is 1. The van der Waals surface area contributed by atoms with Gasteiger partial charge in [0.1, 0.15) is 0 Å². The van der Waals surface area contributed by atoms with Crippen LogP contribution in [0.4, 0.5) is 11.4 Å². The Bertz CT molecular complexity index is 1090. The molecule has 0 spiro atoms. The third-order valence-corrected chi connectivity index (χ3v) is 4.30. The number of anilines is 1. The number of hydrogen-bond acceptors (Lipinski definition) is 7. The highest BCUT2D eigenvalue weighted by molar-refractivity contribution is 5.96. The molecule has 3 aromatic rings. The molecular weight excluding hydrogens is 380 g/mol. The number of aliphatic hydroxyl groups excluding tert-OH is 1. The number of fused-ring (bicyclic) bond motifs is 1. The van der Waals surface area contributed by atoms with Crippen LogP contribution in [0.25, 0.3) is 11.0 Å². The molecule has 10 nitrogen and oxygen atoms in total. The minimum Gasteiger partial charge on any atom is -0.462 e. The molecular formula is C19H20N4O6. The number of aryl methyl sites for hydroxylation is 1. The van der Waals surface area contributed by atoms with E-state index in [4.69, 9.17) is 9.84 Å². The molecule has 2 aromatic carbocycles. The van der Waals surface area contributed by atoms with Crippen molar-refractivity contribution >= 4 is 28.4 Å². The SMILES string of the molecule is O=C(OCCCn1c(=O)[nH]c2ccccc21)c1cc([N+](=O)[O-])ccc1NCCO. The molecule has 0 aliphatic heterocycles. The summed E-state index contributed by atoms with van der Waals surface area (Å²) in [5, 5.41) is 22.8. The predicted octanol–water partition coefficient (Wildman–Crippen LogP) is 1.89. The molecule has 0 saturated heterocycles. The first kappa shape index (κ1) is 20.1. The summed E-state index contributed by atoms with van der Waals surface area (Å²) >= 11 is 0. The predicted molar refractivity (Wildman–Crippen MR) is 106 cm³/mol. The van der Waals surface area contributed by atoms with Crippen LogP contribution in [-0.4, -0.2) is 45.3 Å². The largest absolute Gasteiger partial charge is 0.462 e. The van der Waals surface area contributed by atoms with Crippen molar-refractivity contribution < 1.29 is 19.6 Å². The highest BCUT2D eigenvalue weighted by Crippen LogP contribution is 2.23. The first-order valence-corrected chi connectivity index (χ1v) is 8.99. The standard InChI is InChI=1S/C19H20N4O6/c24-10-8-20-15-7-6-13(23(27)28)12-14(15)18(25)29-11-3-9-22-17-5-2-1-4-16(17)21-19(22)26/h1-2,4-7,12,20,24H,3,8-11H2,(H,21,26). The summed E-state index contributed by atoms with van der Waals surface area (Å²) in [5.41, 5.74) is 1.35. The van der Waals surface area contributed by atoms with Gasteiger partial charge in [0.25, 0.3) is 5.69 Å². The van der Waals surface area contributed by atoms with Crippen molar-refractivity contribution in [2.45, 2.75) is 13.0 Å². The Labute approximate surface area is 164 Å². The number of aromatic amines is 1. The van der Waals surface area contributed by atoms with E-state index in [1.54, 1.807) is 10.6 Å². The Morgan fingerprint density at radius 2 is 2.07 bits per heavy atom. The number of hydrogen-bond donors (Lipinski definition) is 3. The summed E-state index contributed by atoms with van der Waals surface area (Å²) in [7, 11) is 0. The second-order valence-corrected chi connectivity index (χ2v) is 6.23. The van der Waals surface area contributed by atoms with Gasteiger partial charge in [0, 0.05) is 30.9 Å². The summed E-state index contributed by atoms with van der Waals surface area (Å²) in [6.45, 7) is 0.403. The van der Waals surface area contributed by atoms with Crippen molar-refractivity contribution in [3.05, 3.63) is 68.6 Å². The van der Waals surface area contributed by atoms with Crippen molar-refractivity contribution in [1.82, 2.24) is 9.55 Å². The molecule has 0 amide bonds. The van der Waals surface area contributed by atoms with E-state index in [0.717, 1.165) is 17.1 Å². The topological polar surface area (TPSA) is 139 Å². The lowest BCUT2D eigenvalue weighted by Gasteiger charge is -2.11. The summed E-state index contributed by atoms with van der Waals surface area (Å²) in [6.07, 6.45) is 0.391. The van der Waals surface area contributed by atoms with Crippen LogP contribution < -0.4 is 11.0 Å². The maximum Gasteiger partial charge on any atom is 0.340 e. The van der Waals surface area contributed by atoms with Crippen LogP contribution in [0.1, 0.15) is 16.8 Å². The third kappa shape index (κ3) is 4.61. The van der Waals surface area contributed by atoms with Gasteiger partial charge in [0.15, 0.2) is 0 Å². The van der Waals surface area contributed by atoms with E-state index >= 15 is 0 Å². The molecule has 0 unspecified atom stereocenters. The molecule has 0 bridgehead atoms. The number of esters is 1. The second-order valence-electron chi connectivity index (χ2n) is 6.23. The van der Waals surface area contributed by atoms with Crippen molar-refractivity contribution in [2.75, 3.05) is 25.1 Å². The zero-order valence-corrected chi connectivity index (χ0v) is 15.5. The normalized spacial score (nSPS) is 10.8. The number of non-ortho nitro benzene ring substituents is 1. The van der Waals surface area contributed by atoms with E-state index in [-0.39, 0.29) is 36.7 Å². The van der Waals surface area contributed by atoms with Crippen molar-refractivity contribution in [2.24, 2.45) is 0 Å². The van der Waals surface area contributed by atoms with Crippen LogP contribution in [0.3, 0.4) is 0 Å². The Balaban J connectivity index is 1.65. The fraction of sp³-hybridized carbons (Fsp3) is 0.263. The van der Waals surface area contributed by atoms with Gasteiger partial charge < -0.3 is 20.1 Å². The van der Waals surface area contributed by atoms with E-state index in [2.05, 4.69) is 10.3 Å². The quantitative estimate of drug-likeness (QED) is 0.216. The highest BCUT2D eigenvalue weighted by atomic mass is 16.6. The lowest BCUT2D eigenvalue weighted by atomic mass is 10.1. The molecule has 0 aliphatic carbocycles. The van der Waals surface area contributed by atoms with E-state index in [0.29, 0.717) is 18.7 Å². The monoisotopic (exact) mass is 400 g/mol. The minimum absolute atomic E-state index is 0.0110. The fourth-order valence-corrected chi connectivity index (χ4v) is 2.95. The van der Waals surface area contributed by atoms with Gasteiger partial charge in [-0.2, -0.15) is 0 Å². The Hall–Kier alpha value is -3.66. The van der Waals surface area contributed by atoms with Crippen LogP contribution in [0.5, 0.6) is 0 Å². The molecule has 0 atom stereocenters. The minimum atomic E-state index is -0.722. The van der Waals surface area contributed by atoms with E-state index in [1.165, 1.54) is 12.1 Å². The van der Waals surface area contributed by atoms with Gasteiger partial charge >= 0.3 is 11.7 Å². The summed E-state index contributed by atoms with van der Waals surface area (Å²) in [6, 6.07) is 11.1. The zero-order valence-electron chi connectivity index (χ0n) is 15.5. The molecule has 3 N–H and O–H groups in total. The van der Waals surface area contributed by atoms with Crippen LogP contribution in [0.2, 0.25) is 0 Å². The zero-order chi connectivity index (χ0) is 20.8. The van der Waals surface area contributed by atoms with Crippen molar-refractivity contribution in [3.8, 4) is 0 Å². The van der Waals surface area contributed by atoms with E-state index < -0.39 is 10.9 Å². The maximum atomic E-state index is 12.4. The van der Waals surface area contributed by atoms with Gasteiger partial charge in [0.05, 0.1) is 34.7 Å². The van der Waals surface area contributed by atoms with Crippen LogP contribution in [-0.2, 0) is 11.3 Å². The number of nitro benzene ring substituents is 1. The molecule has 0 fully saturated rings. The number of nitro groups is 1. The lowest BCUT2D eigenvalue weighted by molar-refractivity contribution is -0.384. The van der Waals surface area contributed by atoms with Gasteiger partial charge in [-0.1, -0.05) is 12.1 Å². The average Bonchev–Trinajstić information content (AvgIpc) is 3.04. The van der Waals surface area contributed by atoms with Crippen LogP contribution >= 0.6 is 0 Å². The molecule has 1 heterocycles. The van der Waals surface area contributed by atoms with Gasteiger partial charge in [-0.05, 0) is 24.6 Å². The number of aliphatic hydroxyl groups is 1. The number of rotatable bonds is 9. The summed E-state index contributed by atoms with van der Waals surface area (Å²) < 4.78 is 6.80. The van der Waals surface area contributed by atoms with Crippen molar-refractivity contribution in [1.29, 1.82) is 0 Å². The third-order valence-electron chi connectivity index (χ3n) is 4.30. The number of H-pyrrole nitrogens is 1. The number of benzene rings is 2. The molecule has 3 rings (SSSR count). The molecule has 10 heteroatoms. The Morgan fingerprint density at radius 1 is 1.28 bits per heavy atom. The number of carbonyl (C=O) groups is 1. The molecule has 29 heavy (non-hydrogen) atoms. The van der Waals surface area contributed by atoms with Gasteiger partial charge in [-0.25, -0.2) is 9.59 Å².